The molecule has 0 aromatic rings. The first kappa shape index (κ1) is 12.8. The summed E-state index contributed by atoms with van der Waals surface area (Å²) in [6, 6.07) is -0.301. The predicted octanol–water partition coefficient (Wildman–Crippen LogP) is 1.29. The maximum atomic E-state index is 11.5. The molecule has 0 spiro atoms. The molecule has 0 aromatic heterocycles. The summed E-state index contributed by atoms with van der Waals surface area (Å²) in [5.41, 5.74) is 0.300. The molecule has 0 saturated heterocycles. The number of hydrogen-bond acceptors (Lipinski definition) is 2. The molecule has 2 N–H and O–H groups in total. The SMILES string of the molecule is CCCC1(CNC(=O)N(C)CC(=O)O)CC1. The summed E-state index contributed by atoms with van der Waals surface area (Å²) in [5, 5.41) is 11.3. The lowest BCUT2D eigenvalue weighted by Gasteiger charge is -2.19. The van der Waals surface area contributed by atoms with Gasteiger partial charge in [0.25, 0.3) is 0 Å². The Morgan fingerprint density at radius 1 is 1.44 bits per heavy atom. The molecule has 5 nitrogen and oxygen atoms in total. The van der Waals surface area contributed by atoms with Gasteiger partial charge >= 0.3 is 12.0 Å². The van der Waals surface area contributed by atoms with Gasteiger partial charge < -0.3 is 15.3 Å². The third-order valence-corrected chi connectivity index (χ3v) is 3.07. The lowest BCUT2D eigenvalue weighted by atomic mass is 10.0. The van der Waals surface area contributed by atoms with Gasteiger partial charge in [0.15, 0.2) is 0 Å². The highest BCUT2D eigenvalue weighted by molar-refractivity contribution is 5.79. The van der Waals surface area contributed by atoms with Crippen molar-refractivity contribution >= 4 is 12.0 Å². The molecule has 0 atom stereocenters. The van der Waals surface area contributed by atoms with Gasteiger partial charge in [-0.1, -0.05) is 13.3 Å². The Hall–Kier alpha value is -1.26. The van der Waals surface area contributed by atoms with Crippen LogP contribution in [-0.4, -0.2) is 42.1 Å². The summed E-state index contributed by atoms with van der Waals surface area (Å²) >= 11 is 0. The minimum Gasteiger partial charge on any atom is -0.480 e. The lowest BCUT2D eigenvalue weighted by molar-refractivity contribution is -0.137. The third-order valence-electron chi connectivity index (χ3n) is 3.07. The van der Waals surface area contributed by atoms with Gasteiger partial charge in [-0.25, -0.2) is 4.79 Å². The fraction of sp³-hybridized carbons (Fsp3) is 0.818. The topological polar surface area (TPSA) is 69.6 Å². The van der Waals surface area contributed by atoms with Crippen LogP contribution in [0.2, 0.25) is 0 Å². The lowest BCUT2D eigenvalue weighted by Crippen LogP contribution is -2.42. The molecule has 1 rings (SSSR count). The number of carboxylic acid groups (broad SMARTS) is 1. The van der Waals surface area contributed by atoms with Crippen LogP contribution in [-0.2, 0) is 4.79 Å². The number of amides is 2. The molecule has 0 heterocycles. The fourth-order valence-corrected chi connectivity index (χ4v) is 1.90. The first-order valence-corrected chi connectivity index (χ1v) is 5.70. The van der Waals surface area contributed by atoms with Crippen molar-refractivity contribution < 1.29 is 14.7 Å². The van der Waals surface area contributed by atoms with Crippen LogP contribution in [0.5, 0.6) is 0 Å². The smallest absolute Gasteiger partial charge is 0.323 e. The van der Waals surface area contributed by atoms with Crippen molar-refractivity contribution in [2.45, 2.75) is 32.6 Å². The molecular weight excluding hydrogens is 208 g/mol. The van der Waals surface area contributed by atoms with Gasteiger partial charge in [0, 0.05) is 13.6 Å². The highest BCUT2D eigenvalue weighted by Gasteiger charge is 2.41. The maximum absolute atomic E-state index is 11.5. The average molecular weight is 228 g/mol. The molecule has 1 aliphatic rings. The van der Waals surface area contributed by atoms with E-state index >= 15 is 0 Å². The van der Waals surface area contributed by atoms with Crippen molar-refractivity contribution in [2.75, 3.05) is 20.1 Å². The zero-order chi connectivity index (χ0) is 12.2. The molecule has 0 bridgehead atoms. The molecule has 1 saturated carbocycles. The predicted molar refractivity (Wildman–Crippen MR) is 60.2 cm³/mol. The van der Waals surface area contributed by atoms with Crippen molar-refractivity contribution in [1.29, 1.82) is 0 Å². The number of carbonyl (C=O) groups excluding carboxylic acids is 1. The molecule has 0 aromatic carbocycles. The molecule has 0 radical (unpaired) electrons. The van der Waals surface area contributed by atoms with E-state index in [1.807, 2.05) is 0 Å². The highest BCUT2D eigenvalue weighted by atomic mass is 16.4. The Balaban J connectivity index is 2.27. The normalized spacial score (nSPS) is 16.6. The monoisotopic (exact) mass is 228 g/mol. The minimum atomic E-state index is -0.993. The molecule has 1 aliphatic carbocycles. The zero-order valence-corrected chi connectivity index (χ0v) is 9.95. The van der Waals surface area contributed by atoms with Crippen LogP contribution < -0.4 is 5.32 Å². The Morgan fingerprint density at radius 2 is 2.06 bits per heavy atom. The van der Waals surface area contributed by atoms with E-state index < -0.39 is 5.97 Å². The van der Waals surface area contributed by atoms with Crippen molar-refractivity contribution in [3.8, 4) is 0 Å². The van der Waals surface area contributed by atoms with E-state index in [9.17, 15) is 9.59 Å². The van der Waals surface area contributed by atoms with Crippen LogP contribution >= 0.6 is 0 Å². The summed E-state index contributed by atoms with van der Waals surface area (Å²) < 4.78 is 0. The van der Waals surface area contributed by atoms with Gasteiger partial charge in [-0.05, 0) is 24.7 Å². The Bertz CT molecular complexity index is 274. The second-order valence-corrected chi connectivity index (χ2v) is 4.66. The first-order chi connectivity index (χ1) is 7.49. The largest absolute Gasteiger partial charge is 0.480 e. The Morgan fingerprint density at radius 3 is 2.50 bits per heavy atom. The zero-order valence-electron chi connectivity index (χ0n) is 9.95. The van der Waals surface area contributed by atoms with Crippen LogP contribution in [0, 0.1) is 5.41 Å². The summed E-state index contributed by atoms with van der Waals surface area (Å²) in [4.78, 5) is 23.1. The van der Waals surface area contributed by atoms with Gasteiger partial charge in [-0.3, -0.25) is 4.79 Å². The molecule has 0 aliphatic heterocycles. The van der Waals surface area contributed by atoms with Crippen LogP contribution in [0.25, 0.3) is 0 Å². The van der Waals surface area contributed by atoms with Gasteiger partial charge in [0.1, 0.15) is 6.54 Å². The number of likely N-dealkylation sites (N-methyl/N-ethyl adjacent to an activating group) is 1. The van der Waals surface area contributed by atoms with E-state index in [4.69, 9.17) is 5.11 Å². The Kier molecular flexibility index (Phi) is 4.15. The molecule has 5 heteroatoms. The highest BCUT2D eigenvalue weighted by Crippen LogP contribution is 2.48. The summed E-state index contributed by atoms with van der Waals surface area (Å²) in [7, 11) is 1.49. The third kappa shape index (κ3) is 3.72. The molecule has 16 heavy (non-hydrogen) atoms. The van der Waals surface area contributed by atoms with Gasteiger partial charge in [-0.2, -0.15) is 0 Å². The van der Waals surface area contributed by atoms with Gasteiger partial charge in [0.2, 0.25) is 0 Å². The van der Waals surface area contributed by atoms with Gasteiger partial charge in [0.05, 0.1) is 0 Å². The van der Waals surface area contributed by atoms with E-state index in [1.54, 1.807) is 0 Å². The number of urea groups is 1. The van der Waals surface area contributed by atoms with E-state index in [0.717, 1.165) is 12.8 Å². The number of nitrogens with one attached hydrogen (secondary N) is 1. The van der Waals surface area contributed by atoms with Crippen LogP contribution in [0.3, 0.4) is 0 Å². The molecule has 0 unspecified atom stereocenters. The van der Waals surface area contributed by atoms with Crippen LogP contribution in [0.1, 0.15) is 32.6 Å². The quantitative estimate of drug-likeness (QED) is 0.719. The first-order valence-electron chi connectivity index (χ1n) is 5.70. The van der Waals surface area contributed by atoms with E-state index in [-0.39, 0.29) is 12.6 Å². The standard InChI is InChI=1S/C11H20N2O3/c1-3-4-11(5-6-11)8-12-10(16)13(2)7-9(14)15/h3-8H2,1-2H3,(H,12,16)(H,14,15). The second-order valence-electron chi connectivity index (χ2n) is 4.66. The number of nitrogens with zero attached hydrogens (tertiary/aromatic N) is 1. The summed E-state index contributed by atoms with van der Waals surface area (Å²) in [6.07, 6.45) is 4.60. The van der Waals surface area contributed by atoms with Crippen molar-refractivity contribution in [3.63, 3.8) is 0 Å². The maximum Gasteiger partial charge on any atom is 0.323 e. The fourth-order valence-electron chi connectivity index (χ4n) is 1.90. The van der Waals surface area contributed by atoms with E-state index in [0.29, 0.717) is 12.0 Å². The molecular formula is C11H20N2O3. The molecule has 92 valence electrons. The Labute approximate surface area is 95.8 Å². The van der Waals surface area contributed by atoms with Crippen molar-refractivity contribution in [2.24, 2.45) is 5.41 Å². The van der Waals surface area contributed by atoms with E-state index in [1.165, 1.54) is 24.8 Å². The molecule has 2 amide bonds. The average Bonchev–Trinajstić information content (AvgIpc) is 2.94. The number of hydrogen-bond donors (Lipinski definition) is 2. The van der Waals surface area contributed by atoms with Gasteiger partial charge in [-0.15, -0.1) is 0 Å². The van der Waals surface area contributed by atoms with Crippen LogP contribution in [0.4, 0.5) is 4.79 Å². The van der Waals surface area contributed by atoms with Crippen LogP contribution in [0.15, 0.2) is 0 Å². The van der Waals surface area contributed by atoms with Crippen molar-refractivity contribution in [3.05, 3.63) is 0 Å². The van der Waals surface area contributed by atoms with E-state index in [2.05, 4.69) is 12.2 Å². The second kappa shape index (κ2) is 5.18. The minimum absolute atomic E-state index is 0.257. The number of carboxylic acids is 1. The number of aliphatic carboxylic acids is 1. The summed E-state index contributed by atoms with van der Waals surface area (Å²) in [5.74, 6) is -0.993. The number of rotatable bonds is 6. The summed E-state index contributed by atoms with van der Waals surface area (Å²) in [6.45, 7) is 2.55. The van der Waals surface area contributed by atoms with Crippen molar-refractivity contribution in [1.82, 2.24) is 10.2 Å². The number of carbonyl (C=O) groups is 2. The molecule has 1 fully saturated rings.